The SMILES string of the molecule is COc1ccc(OC)c(C(=O)O)c1Cc1ccc(N)c(N)c1. The van der Waals surface area contributed by atoms with Crippen LogP contribution in [0.1, 0.15) is 21.5 Å². The van der Waals surface area contributed by atoms with Crippen LogP contribution in [-0.2, 0) is 6.42 Å². The van der Waals surface area contributed by atoms with Gasteiger partial charge in [0.2, 0.25) is 0 Å². The van der Waals surface area contributed by atoms with Gasteiger partial charge >= 0.3 is 5.97 Å². The summed E-state index contributed by atoms with van der Waals surface area (Å²) >= 11 is 0. The van der Waals surface area contributed by atoms with E-state index in [-0.39, 0.29) is 11.3 Å². The van der Waals surface area contributed by atoms with Crippen molar-refractivity contribution in [3.05, 3.63) is 47.0 Å². The van der Waals surface area contributed by atoms with Crippen LogP contribution in [0.2, 0.25) is 0 Å². The molecule has 0 spiro atoms. The van der Waals surface area contributed by atoms with Crippen LogP contribution in [0.3, 0.4) is 0 Å². The zero-order chi connectivity index (χ0) is 16.3. The van der Waals surface area contributed by atoms with Crippen molar-refractivity contribution in [3.8, 4) is 11.5 Å². The molecule has 6 nitrogen and oxygen atoms in total. The highest BCUT2D eigenvalue weighted by Gasteiger charge is 2.21. The van der Waals surface area contributed by atoms with Crippen LogP contribution in [0.5, 0.6) is 11.5 Å². The molecule has 116 valence electrons. The summed E-state index contributed by atoms with van der Waals surface area (Å²) in [5.41, 5.74) is 13.9. The highest BCUT2D eigenvalue weighted by Crippen LogP contribution is 2.33. The van der Waals surface area contributed by atoms with Crippen molar-refractivity contribution in [2.45, 2.75) is 6.42 Å². The summed E-state index contributed by atoms with van der Waals surface area (Å²) < 4.78 is 10.4. The lowest BCUT2D eigenvalue weighted by Gasteiger charge is -2.15. The van der Waals surface area contributed by atoms with Crippen LogP contribution in [0, 0.1) is 0 Å². The minimum atomic E-state index is -1.07. The number of hydrogen-bond acceptors (Lipinski definition) is 5. The summed E-state index contributed by atoms with van der Waals surface area (Å²) in [6.07, 6.45) is 0.340. The summed E-state index contributed by atoms with van der Waals surface area (Å²) in [6.45, 7) is 0. The molecule has 6 heteroatoms. The summed E-state index contributed by atoms with van der Waals surface area (Å²) in [6, 6.07) is 8.47. The van der Waals surface area contributed by atoms with Crippen molar-refractivity contribution in [2.24, 2.45) is 0 Å². The molecular formula is C16H18N2O4. The first-order chi connectivity index (χ1) is 10.5. The lowest BCUT2D eigenvalue weighted by Crippen LogP contribution is -2.08. The number of carboxylic acid groups (broad SMARTS) is 1. The number of carboxylic acids is 1. The van der Waals surface area contributed by atoms with Gasteiger partial charge in [-0.05, 0) is 29.8 Å². The molecule has 0 bridgehead atoms. The number of rotatable bonds is 5. The van der Waals surface area contributed by atoms with Crippen LogP contribution in [-0.4, -0.2) is 25.3 Å². The van der Waals surface area contributed by atoms with E-state index in [0.29, 0.717) is 29.1 Å². The third-order valence-electron chi connectivity index (χ3n) is 3.42. The first-order valence-electron chi connectivity index (χ1n) is 6.59. The van der Waals surface area contributed by atoms with Gasteiger partial charge in [0, 0.05) is 12.0 Å². The van der Waals surface area contributed by atoms with Crippen LogP contribution >= 0.6 is 0 Å². The first kappa shape index (κ1) is 15.5. The lowest BCUT2D eigenvalue weighted by atomic mass is 9.97. The molecule has 2 aromatic carbocycles. The van der Waals surface area contributed by atoms with Gasteiger partial charge in [-0.25, -0.2) is 4.79 Å². The maximum atomic E-state index is 11.6. The van der Waals surface area contributed by atoms with Crippen LogP contribution in [0.4, 0.5) is 11.4 Å². The number of benzene rings is 2. The zero-order valence-electron chi connectivity index (χ0n) is 12.4. The molecule has 0 amide bonds. The topological polar surface area (TPSA) is 108 Å². The van der Waals surface area contributed by atoms with Crippen LogP contribution in [0.15, 0.2) is 30.3 Å². The van der Waals surface area contributed by atoms with Crippen molar-refractivity contribution in [1.82, 2.24) is 0 Å². The fourth-order valence-electron chi connectivity index (χ4n) is 2.32. The number of methoxy groups -OCH3 is 2. The maximum absolute atomic E-state index is 11.6. The molecule has 0 unspecified atom stereocenters. The Morgan fingerprint density at radius 3 is 2.23 bits per heavy atom. The second kappa shape index (κ2) is 6.26. The summed E-state index contributed by atoms with van der Waals surface area (Å²) in [4.78, 5) is 11.6. The van der Waals surface area contributed by atoms with Gasteiger partial charge in [-0.1, -0.05) is 6.07 Å². The molecule has 0 aliphatic carbocycles. The minimum Gasteiger partial charge on any atom is -0.496 e. The van der Waals surface area contributed by atoms with E-state index in [1.54, 1.807) is 30.3 Å². The number of anilines is 2. The predicted octanol–water partition coefficient (Wildman–Crippen LogP) is 2.16. The molecule has 2 aromatic rings. The van der Waals surface area contributed by atoms with Gasteiger partial charge in [0.1, 0.15) is 17.1 Å². The molecule has 5 N–H and O–H groups in total. The van der Waals surface area contributed by atoms with E-state index in [2.05, 4.69) is 0 Å². The first-order valence-corrected chi connectivity index (χ1v) is 6.59. The molecule has 0 aliphatic rings. The normalized spacial score (nSPS) is 10.3. The zero-order valence-corrected chi connectivity index (χ0v) is 12.4. The Morgan fingerprint density at radius 1 is 1.05 bits per heavy atom. The molecule has 0 aromatic heterocycles. The van der Waals surface area contributed by atoms with E-state index < -0.39 is 5.97 Å². The van der Waals surface area contributed by atoms with Gasteiger partial charge in [-0.3, -0.25) is 0 Å². The Labute approximate surface area is 128 Å². The summed E-state index contributed by atoms with van der Waals surface area (Å²) in [5.74, 6) is -0.311. The third-order valence-corrected chi connectivity index (χ3v) is 3.42. The fourth-order valence-corrected chi connectivity index (χ4v) is 2.32. The largest absolute Gasteiger partial charge is 0.496 e. The number of ether oxygens (including phenoxy) is 2. The van der Waals surface area contributed by atoms with Crippen molar-refractivity contribution in [3.63, 3.8) is 0 Å². The van der Waals surface area contributed by atoms with Crippen LogP contribution < -0.4 is 20.9 Å². The van der Waals surface area contributed by atoms with E-state index in [9.17, 15) is 9.90 Å². The molecule has 0 saturated carbocycles. The molecule has 2 rings (SSSR count). The predicted molar refractivity (Wildman–Crippen MR) is 84.6 cm³/mol. The smallest absolute Gasteiger partial charge is 0.339 e. The van der Waals surface area contributed by atoms with Crippen molar-refractivity contribution < 1.29 is 19.4 Å². The van der Waals surface area contributed by atoms with Crippen molar-refractivity contribution in [1.29, 1.82) is 0 Å². The number of carbonyl (C=O) groups is 1. The van der Waals surface area contributed by atoms with E-state index in [1.807, 2.05) is 0 Å². The van der Waals surface area contributed by atoms with E-state index >= 15 is 0 Å². The number of nitrogens with two attached hydrogens (primary N) is 2. The Kier molecular flexibility index (Phi) is 4.41. The van der Waals surface area contributed by atoms with E-state index in [4.69, 9.17) is 20.9 Å². The molecule has 0 aliphatic heterocycles. The lowest BCUT2D eigenvalue weighted by molar-refractivity contribution is 0.0691. The Morgan fingerprint density at radius 2 is 1.68 bits per heavy atom. The molecule has 0 atom stereocenters. The maximum Gasteiger partial charge on any atom is 0.339 e. The second-order valence-electron chi connectivity index (χ2n) is 4.77. The highest BCUT2D eigenvalue weighted by atomic mass is 16.5. The van der Waals surface area contributed by atoms with Crippen molar-refractivity contribution >= 4 is 17.3 Å². The third kappa shape index (κ3) is 2.90. The van der Waals surface area contributed by atoms with Crippen molar-refractivity contribution in [2.75, 3.05) is 25.7 Å². The molecule has 22 heavy (non-hydrogen) atoms. The number of nitrogen functional groups attached to an aromatic ring is 2. The van der Waals surface area contributed by atoms with Gasteiger partial charge < -0.3 is 26.0 Å². The highest BCUT2D eigenvalue weighted by molar-refractivity contribution is 5.93. The monoisotopic (exact) mass is 302 g/mol. The molecular weight excluding hydrogens is 284 g/mol. The Bertz CT molecular complexity index is 714. The fraction of sp³-hybridized carbons (Fsp3) is 0.188. The van der Waals surface area contributed by atoms with Gasteiger partial charge in [-0.15, -0.1) is 0 Å². The van der Waals surface area contributed by atoms with Gasteiger partial charge in [0.05, 0.1) is 25.6 Å². The number of aromatic carboxylic acids is 1. The Hall–Kier alpha value is -2.89. The average molecular weight is 302 g/mol. The molecule has 0 fully saturated rings. The minimum absolute atomic E-state index is 0.0808. The van der Waals surface area contributed by atoms with E-state index in [0.717, 1.165) is 5.56 Å². The standard InChI is InChI=1S/C16H18N2O4/c1-21-13-5-6-14(22-2)15(16(19)20)10(13)7-9-3-4-11(17)12(18)8-9/h3-6,8H,7,17-18H2,1-2H3,(H,19,20). The van der Waals surface area contributed by atoms with Gasteiger partial charge in [0.25, 0.3) is 0 Å². The Balaban J connectivity index is 2.56. The molecule has 0 radical (unpaired) electrons. The van der Waals surface area contributed by atoms with Crippen LogP contribution in [0.25, 0.3) is 0 Å². The molecule has 0 heterocycles. The second-order valence-corrected chi connectivity index (χ2v) is 4.77. The van der Waals surface area contributed by atoms with Gasteiger partial charge in [-0.2, -0.15) is 0 Å². The summed E-state index contributed by atoms with van der Waals surface area (Å²) in [7, 11) is 2.92. The quantitative estimate of drug-likeness (QED) is 0.730. The average Bonchev–Trinajstić information content (AvgIpc) is 2.50. The number of hydrogen-bond donors (Lipinski definition) is 3. The molecule has 0 saturated heterocycles. The van der Waals surface area contributed by atoms with E-state index in [1.165, 1.54) is 14.2 Å². The summed E-state index contributed by atoms with van der Waals surface area (Å²) in [5, 5.41) is 9.49. The van der Waals surface area contributed by atoms with Gasteiger partial charge in [0.15, 0.2) is 0 Å².